The van der Waals surface area contributed by atoms with Crippen molar-refractivity contribution in [3.63, 3.8) is 0 Å². The molecule has 0 saturated carbocycles. The van der Waals surface area contributed by atoms with Crippen LogP contribution in [0.5, 0.6) is 5.75 Å². The summed E-state index contributed by atoms with van der Waals surface area (Å²) in [6.45, 7) is 0. The Morgan fingerprint density at radius 3 is 2.33 bits per heavy atom. The van der Waals surface area contributed by atoms with Gasteiger partial charge in [-0.15, -0.1) is 0 Å². The number of anilines is 1. The maximum absolute atomic E-state index is 13.2. The standard InChI is InChI=1S/C22H16BrN3O3S/c1-29-18-10-8-16(9-11-18)26-21(28)19(20(27)24-22(26)30)13-17-3-2-12-25(17)15-6-4-14(23)5-7-15/h2-13H,1H3,(H,24,27,30)/b19-13-. The van der Waals surface area contributed by atoms with Crippen LogP contribution in [0.3, 0.4) is 0 Å². The molecule has 6 nitrogen and oxygen atoms in total. The number of halogens is 1. The van der Waals surface area contributed by atoms with Crippen LogP contribution in [0.25, 0.3) is 11.8 Å². The van der Waals surface area contributed by atoms with Gasteiger partial charge in [0.25, 0.3) is 11.8 Å². The van der Waals surface area contributed by atoms with Crippen LogP contribution in [0.1, 0.15) is 5.69 Å². The number of benzene rings is 2. The zero-order chi connectivity index (χ0) is 21.3. The van der Waals surface area contributed by atoms with Gasteiger partial charge in [-0.05, 0) is 79.0 Å². The number of nitrogens with one attached hydrogen (secondary N) is 1. The summed E-state index contributed by atoms with van der Waals surface area (Å²) in [4.78, 5) is 27.0. The fourth-order valence-corrected chi connectivity index (χ4v) is 3.67. The lowest BCUT2D eigenvalue weighted by Crippen LogP contribution is -2.54. The van der Waals surface area contributed by atoms with Crippen molar-refractivity contribution in [3.8, 4) is 11.4 Å². The number of carbonyl (C=O) groups is 2. The van der Waals surface area contributed by atoms with Gasteiger partial charge in [-0.1, -0.05) is 15.9 Å². The molecule has 0 bridgehead atoms. The molecule has 1 aliphatic rings. The molecule has 4 rings (SSSR count). The Balaban J connectivity index is 1.71. The minimum Gasteiger partial charge on any atom is -0.497 e. The lowest BCUT2D eigenvalue weighted by atomic mass is 10.1. The molecule has 30 heavy (non-hydrogen) atoms. The second-order valence-corrected chi connectivity index (χ2v) is 7.74. The summed E-state index contributed by atoms with van der Waals surface area (Å²) in [5.41, 5.74) is 2.14. The van der Waals surface area contributed by atoms with Crippen LogP contribution in [0.4, 0.5) is 5.69 Å². The Morgan fingerprint density at radius 2 is 1.67 bits per heavy atom. The molecule has 0 atom stereocenters. The quantitative estimate of drug-likeness (QED) is 0.346. The molecule has 0 unspecified atom stereocenters. The average Bonchev–Trinajstić information content (AvgIpc) is 3.20. The fourth-order valence-electron chi connectivity index (χ4n) is 3.12. The highest BCUT2D eigenvalue weighted by molar-refractivity contribution is 9.10. The van der Waals surface area contributed by atoms with E-state index < -0.39 is 11.8 Å². The maximum atomic E-state index is 13.2. The van der Waals surface area contributed by atoms with Crippen molar-refractivity contribution in [2.24, 2.45) is 0 Å². The van der Waals surface area contributed by atoms with Gasteiger partial charge in [0.05, 0.1) is 12.8 Å². The van der Waals surface area contributed by atoms with Crippen molar-refractivity contribution in [1.29, 1.82) is 0 Å². The summed E-state index contributed by atoms with van der Waals surface area (Å²) in [6.07, 6.45) is 3.44. The molecule has 0 radical (unpaired) electrons. The normalized spacial score (nSPS) is 15.5. The van der Waals surface area contributed by atoms with Crippen LogP contribution in [-0.2, 0) is 9.59 Å². The maximum Gasteiger partial charge on any atom is 0.270 e. The van der Waals surface area contributed by atoms with Crippen molar-refractivity contribution in [1.82, 2.24) is 9.88 Å². The van der Waals surface area contributed by atoms with Crippen molar-refractivity contribution >= 4 is 56.8 Å². The van der Waals surface area contributed by atoms with Gasteiger partial charge in [-0.3, -0.25) is 19.8 Å². The number of nitrogens with zero attached hydrogens (tertiary/aromatic N) is 2. The Kier molecular flexibility index (Phi) is 5.52. The number of hydrogen-bond acceptors (Lipinski definition) is 4. The first-order chi connectivity index (χ1) is 14.5. The number of carbonyl (C=O) groups excluding carboxylic acids is 2. The summed E-state index contributed by atoms with van der Waals surface area (Å²) >= 11 is 8.67. The Hall–Kier alpha value is -3.23. The summed E-state index contributed by atoms with van der Waals surface area (Å²) in [6, 6.07) is 18.3. The first-order valence-electron chi connectivity index (χ1n) is 8.97. The van der Waals surface area contributed by atoms with Gasteiger partial charge in [0.1, 0.15) is 11.3 Å². The van der Waals surface area contributed by atoms with Gasteiger partial charge < -0.3 is 9.30 Å². The molecule has 2 amide bonds. The highest BCUT2D eigenvalue weighted by atomic mass is 79.9. The van der Waals surface area contributed by atoms with Gasteiger partial charge in [0.15, 0.2) is 5.11 Å². The molecule has 8 heteroatoms. The van der Waals surface area contributed by atoms with Gasteiger partial charge in [0.2, 0.25) is 0 Å². The second kappa shape index (κ2) is 8.25. The van der Waals surface area contributed by atoms with Gasteiger partial charge in [-0.25, -0.2) is 0 Å². The first kappa shape index (κ1) is 20.1. The number of aromatic nitrogens is 1. The average molecular weight is 482 g/mol. The molecule has 150 valence electrons. The smallest absolute Gasteiger partial charge is 0.270 e. The van der Waals surface area contributed by atoms with Crippen LogP contribution < -0.4 is 15.0 Å². The van der Waals surface area contributed by atoms with E-state index >= 15 is 0 Å². The topological polar surface area (TPSA) is 63.6 Å². The second-order valence-electron chi connectivity index (χ2n) is 6.44. The third kappa shape index (κ3) is 3.79. The van der Waals surface area contributed by atoms with Gasteiger partial charge in [0, 0.05) is 22.1 Å². The predicted molar refractivity (Wildman–Crippen MR) is 123 cm³/mol. The van der Waals surface area contributed by atoms with E-state index in [-0.39, 0.29) is 10.7 Å². The number of rotatable bonds is 4. The van der Waals surface area contributed by atoms with Crippen LogP contribution >= 0.6 is 28.1 Å². The molecule has 2 aromatic carbocycles. The predicted octanol–water partition coefficient (Wildman–Crippen LogP) is 4.08. The Bertz CT molecular complexity index is 1170. The van der Waals surface area contributed by atoms with E-state index in [9.17, 15) is 9.59 Å². The summed E-state index contributed by atoms with van der Waals surface area (Å²) in [7, 11) is 1.56. The molecular formula is C22H16BrN3O3S. The molecule has 1 aromatic heterocycles. The van der Waals surface area contributed by atoms with E-state index in [1.807, 2.05) is 47.2 Å². The zero-order valence-corrected chi connectivity index (χ0v) is 18.2. The van der Waals surface area contributed by atoms with Gasteiger partial charge in [-0.2, -0.15) is 0 Å². The minimum atomic E-state index is -0.529. The van der Waals surface area contributed by atoms with Crippen molar-refractivity contribution in [2.45, 2.75) is 0 Å². The monoisotopic (exact) mass is 481 g/mol. The third-order valence-corrected chi connectivity index (χ3v) is 5.42. The zero-order valence-electron chi connectivity index (χ0n) is 15.8. The van der Waals surface area contributed by atoms with Crippen LogP contribution in [0.15, 0.2) is 76.9 Å². The largest absolute Gasteiger partial charge is 0.497 e. The molecule has 1 N–H and O–H groups in total. The first-order valence-corrected chi connectivity index (χ1v) is 10.2. The van der Waals surface area contributed by atoms with E-state index in [1.165, 1.54) is 4.90 Å². The van der Waals surface area contributed by atoms with E-state index in [0.717, 1.165) is 10.2 Å². The fraction of sp³-hybridized carbons (Fsp3) is 0.0455. The summed E-state index contributed by atoms with van der Waals surface area (Å²) in [5, 5.41) is 2.64. The van der Waals surface area contributed by atoms with Crippen molar-refractivity contribution in [2.75, 3.05) is 12.0 Å². The molecule has 2 heterocycles. The van der Waals surface area contributed by atoms with Crippen molar-refractivity contribution in [3.05, 3.63) is 82.6 Å². The summed E-state index contributed by atoms with van der Waals surface area (Å²) in [5.74, 6) is -0.364. The third-order valence-electron chi connectivity index (χ3n) is 4.61. The van der Waals surface area contributed by atoms with E-state index in [1.54, 1.807) is 37.5 Å². The van der Waals surface area contributed by atoms with E-state index in [2.05, 4.69) is 21.2 Å². The number of amides is 2. The molecular weight excluding hydrogens is 466 g/mol. The van der Waals surface area contributed by atoms with E-state index in [0.29, 0.717) is 17.1 Å². The number of hydrogen-bond donors (Lipinski definition) is 1. The van der Waals surface area contributed by atoms with Crippen LogP contribution in [-0.4, -0.2) is 28.6 Å². The lowest BCUT2D eigenvalue weighted by Gasteiger charge is -2.29. The molecule has 0 aliphatic carbocycles. The molecule has 3 aromatic rings. The molecule has 0 spiro atoms. The number of methoxy groups -OCH3 is 1. The Morgan fingerprint density at radius 1 is 1.00 bits per heavy atom. The van der Waals surface area contributed by atoms with Gasteiger partial charge >= 0.3 is 0 Å². The SMILES string of the molecule is COc1ccc(N2C(=O)/C(=C\c3cccn3-c3ccc(Br)cc3)C(=O)NC2=S)cc1. The Labute approximate surface area is 186 Å². The molecule has 1 aliphatic heterocycles. The van der Waals surface area contributed by atoms with E-state index in [4.69, 9.17) is 17.0 Å². The molecule has 1 fully saturated rings. The molecule has 1 saturated heterocycles. The number of ether oxygens (including phenoxy) is 1. The highest BCUT2D eigenvalue weighted by Gasteiger charge is 2.34. The van der Waals surface area contributed by atoms with Crippen LogP contribution in [0.2, 0.25) is 0 Å². The van der Waals surface area contributed by atoms with Crippen molar-refractivity contribution < 1.29 is 14.3 Å². The summed E-state index contributed by atoms with van der Waals surface area (Å²) < 4.78 is 8.01. The number of thiocarbonyl (C=S) groups is 1. The lowest BCUT2D eigenvalue weighted by molar-refractivity contribution is -0.122. The minimum absolute atomic E-state index is 0.00326. The van der Waals surface area contributed by atoms with Crippen LogP contribution in [0, 0.1) is 0 Å². The highest BCUT2D eigenvalue weighted by Crippen LogP contribution is 2.25.